The van der Waals surface area contributed by atoms with Crippen LogP contribution in [0.5, 0.6) is 5.75 Å². The third-order valence-corrected chi connectivity index (χ3v) is 2.44. The number of nitrogens with two attached hydrogens (primary N) is 1. The van der Waals surface area contributed by atoms with E-state index in [1.54, 1.807) is 6.92 Å². The first kappa shape index (κ1) is 13.5. The van der Waals surface area contributed by atoms with Crippen molar-refractivity contribution >= 4 is 5.91 Å². The van der Waals surface area contributed by atoms with Gasteiger partial charge in [0.2, 0.25) is 5.91 Å². The van der Waals surface area contributed by atoms with Gasteiger partial charge in [0, 0.05) is 0 Å². The Morgan fingerprint density at radius 2 is 2.18 bits per heavy atom. The van der Waals surface area contributed by atoms with Crippen molar-refractivity contribution in [3.05, 3.63) is 29.8 Å². The van der Waals surface area contributed by atoms with Crippen molar-refractivity contribution < 1.29 is 9.53 Å². The Kier molecular flexibility index (Phi) is 4.97. The molecule has 4 nitrogen and oxygen atoms in total. The summed E-state index contributed by atoms with van der Waals surface area (Å²) >= 11 is 0. The molecule has 0 bridgehead atoms. The summed E-state index contributed by atoms with van der Waals surface area (Å²) in [7, 11) is 0. The second kappa shape index (κ2) is 6.25. The summed E-state index contributed by atoms with van der Waals surface area (Å²) in [5.41, 5.74) is 6.51. The molecule has 0 aliphatic heterocycles. The molecule has 0 saturated heterocycles. The Balaban J connectivity index is 2.71. The smallest absolute Gasteiger partial charge is 0.237 e. The molecule has 1 aromatic carbocycles. The van der Waals surface area contributed by atoms with Gasteiger partial charge in [-0.1, -0.05) is 12.1 Å². The van der Waals surface area contributed by atoms with Crippen LogP contribution in [-0.4, -0.2) is 18.6 Å². The summed E-state index contributed by atoms with van der Waals surface area (Å²) in [5.74, 6) is 0.659. The molecule has 1 unspecified atom stereocenters. The summed E-state index contributed by atoms with van der Waals surface area (Å²) in [6.07, 6.45) is 0. The van der Waals surface area contributed by atoms with Gasteiger partial charge in [-0.2, -0.15) is 0 Å². The van der Waals surface area contributed by atoms with Crippen molar-refractivity contribution in [1.82, 2.24) is 5.32 Å². The highest BCUT2D eigenvalue weighted by Gasteiger charge is 2.12. The first-order valence-electron chi connectivity index (χ1n) is 5.83. The molecule has 4 heteroatoms. The van der Waals surface area contributed by atoms with Gasteiger partial charge in [0.05, 0.1) is 18.7 Å². The second-order valence-corrected chi connectivity index (χ2v) is 4.02. The number of nitrogens with one attached hydrogen (secondary N) is 1. The molecule has 0 aliphatic carbocycles. The zero-order chi connectivity index (χ0) is 12.8. The van der Waals surface area contributed by atoms with Gasteiger partial charge in [0.15, 0.2) is 0 Å². The number of carbonyl (C=O) groups is 1. The molecule has 0 heterocycles. The van der Waals surface area contributed by atoms with Crippen molar-refractivity contribution in [2.24, 2.45) is 5.73 Å². The largest absolute Gasteiger partial charge is 0.494 e. The Bertz CT molecular complexity index is 377. The van der Waals surface area contributed by atoms with Crippen LogP contribution in [0, 0.1) is 0 Å². The number of benzene rings is 1. The number of carbonyl (C=O) groups excluding carboxylic acids is 1. The summed E-state index contributed by atoms with van der Waals surface area (Å²) in [6, 6.07) is 7.12. The van der Waals surface area contributed by atoms with E-state index in [1.807, 2.05) is 38.1 Å². The first-order chi connectivity index (χ1) is 8.04. The molecule has 3 N–H and O–H groups in total. The average Bonchev–Trinajstić information content (AvgIpc) is 2.29. The fourth-order valence-corrected chi connectivity index (χ4v) is 1.47. The lowest BCUT2D eigenvalue weighted by Gasteiger charge is -2.16. The number of hydrogen-bond acceptors (Lipinski definition) is 3. The molecule has 94 valence electrons. The van der Waals surface area contributed by atoms with Crippen LogP contribution >= 0.6 is 0 Å². The maximum Gasteiger partial charge on any atom is 0.237 e. The average molecular weight is 236 g/mol. The molecule has 0 aromatic heterocycles. The van der Waals surface area contributed by atoms with Crippen LogP contribution in [0.15, 0.2) is 24.3 Å². The van der Waals surface area contributed by atoms with Gasteiger partial charge in [-0.25, -0.2) is 0 Å². The molecule has 1 rings (SSSR count). The Morgan fingerprint density at radius 3 is 2.76 bits per heavy atom. The number of amides is 1. The van der Waals surface area contributed by atoms with Crippen molar-refractivity contribution in [3.8, 4) is 5.75 Å². The maximum absolute atomic E-state index is 11.5. The SMILES string of the molecule is CCOc1cccc(C(C)NC(=O)[C@@H](C)N)c1. The van der Waals surface area contributed by atoms with Crippen molar-refractivity contribution in [2.75, 3.05) is 6.61 Å². The molecule has 0 saturated carbocycles. The lowest BCUT2D eigenvalue weighted by molar-refractivity contribution is -0.122. The van der Waals surface area contributed by atoms with Crippen molar-refractivity contribution in [3.63, 3.8) is 0 Å². The van der Waals surface area contributed by atoms with E-state index in [1.165, 1.54) is 0 Å². The fourth-order valence-electron chi connectivity index (χ4n) is 1.47. The molecule has 17 heavy (non-hydrogen) atoms. The van der Waals surface area contributed by atoms with E-state index in [-0.39, 0.29) is 11.9 Å². The van der Waals surface area contributed by atoms with Gasteiger partial charge < -0.3 is 15.8 Å². The van der Waals surface area contributed by atoms with Crippen LogP contribution in [0.3, 0.4) is 0 Å². The second-order valence-electron chi connectivity index (χ2n) is 4.02. The minimum atomic E-state index is -0.493. The van der Waals surface area contributed by atoms with Crippen LogP contribution in [0.25, 0.3) is 0 Å². The zero-order valence-electron chi connectivity index (χ0n) is 10.6. The third-order valence-electron chi connectivity index (χ3n) is 2.44. The zero-order valence-corrected chi connectivity index (χ0v) is 10.6. The van der Waals surface area contributed by atoms with Crippen LogP contribution < -0.4 is 15.8 Å². The van der Waals surface area contributed by atoms with Gasteiger partial charge in [-0.15, -0.1) is 0 Å². The minimum absolute atomic E-state index is 0.0751. The standard InChI is InChI=1S/C13H20N2O2/c1-4-17-12-7-5-6-11(8-12)10(3)15-13(16)9(2)14/h5-10H,4,14H2,1-3H3,(H,15,16)/t9-,10?/m1/s1. The van der Waals surface area contributed by atoms with E-state index in [9.17, 15) is 4.79 Å². The van der Waals surface area contributed by atoms with Crippen LogP contribution in [-0.2, 0) is 4.79 Å². The quantitative estimate of drug-likeness (QED) is 0.816. The van der Waals surface area contributed by atoms with E-state index < -0.39 is 6.04 Å². The summed E-state index contributed by atoms with van der Waals surface area (Å²) < 4.78 is 5.41. The van der Waals surface area contributed by atoms with Gasteiger partial charge >= 0.3 is 0 Å². The molecule has 0 aliphatic rings. The van der Waals surface area contributed by atoms with Gasteiger partial charge in [-0.05, 0) is 38.5 Å². The van der Waals surface area contributed by atoms with Crippen LogP contribution in [0.2, 0.25) is 0 Å². The van der Waals surface area contributed by atoms with Crippen molar-refractivity contribution in [2.45, 2.75) is 32.9 Å². The topological polar surface area (TPSA) is 64.3 Å². The third kappa shape index (κ3) is 4.07. The predicted molar refractivity (Wildman–Crippen MR) is 67.8 cm³/mol. The molecule has 0 radical (unpaired) electrons. The molecule has 0 spiro atoms. The first-order valence-corrected chi connectivity index (χ1v) is 5.83. The predicted octanol–water partition coefficient (Wildman–Crippen LogP) is 1.61. The summed E-state index contributed by atoms with van der Waals surface area (Å²) in [6.45, 7) is 6.15. The van der Waals surface area contributed by atoms with Gasteiger partial charge in [0.25, 0.3) is 0 Å². The Hall–Kier alpha value is -1.55. The monoisotopic (exact) mass is 236 g/mol. The fraction of sp³-hybridized carbons (Fsp3) is 0.462. The Labute approximate surface area is 102 Å². The molecular weight excluding hydrogens is 216 g/mol. The molecule has 2 atom stereocenters. The highest BCUT2D eigenvalue weighted by atomic mass is 16.5. The van der Waals surface area contributed by atoms with Gasteiger partial charge in [-0.3, -0.25) is 4.79 Å². The minimum Gasteiger partial charge on any atom is -0.494 e. The molecular formula is C13H20N2O2. The van der Waals surface area contributed by atoms with E-state index in [4.69, 9.17) is 10.5 Å². The van der Waals surface area contributed by atoms with Gasteiger partial charge in [0.1, 0.15) is 5.75 Å². The Morgan fingerprint density at radius 1 is 1.47 bits per heavy atom. The summed E-state index contributed by atoms with van der Waals surface area (Å²) in [4.78, 5) is 11.5. The molecule has 1 amide bonds. The van der Waals surface area contributed by atoms with Crippen molar-refractivity contribution in [1.29, 1.82) is 0 Å². The molecule has 0 fully saturated rings. The number of rotatable bonds is 5. The lowest BCUT2D eigenvalue weighted by atomic mass is 10.1. The van der Waals surface area contributed by atoms with E-state index in [0.29, 0.717) is 6.61 Å². The van der Waals surface area contributed by atoms with E-state index in [0.717, 1.165) is 11.3 Å². The van der Waals surface area contributed by atoms with E-state index in [2.05, 4.69) is 5.32 Å². The highest BCUT2D eigenvalue weighted by Crippen LogP contribution is 2.19. The normalized spacial score (nSPS) is 13.9. The van der Waals surface area contributed by atoms with Crippen LogP contribution in [0.1, 0.15) is 32.4 Å². The number of ether oxygens (including phenoxy) is 1. The lowest BCUT2D eigenvalue weighted by Crippen LogP contribution is -2.39. The number of hydrogen-bond donors (Lipinski definition) is 2. The highest BCUT2D eigenvalue weighted by molar-refractivity contribution is 5.81. The summed E-state index contributed by atoms with van der Waals surface area (Å²) in [5, 5.41) is 2.85. The molecule has 1 aromatic rings. The maximum atomic E-state index is 11.5. The van der Waals surface area contributed by atoms with E-state index >= 15 is 0 Å². The van der Waals surface area contributed by atoms with Crippen LogP contribution in [0.4, 0.5) is 0 Å².